The standard InChI is InChI=1S/C8H15BO/c1-3-7-4-2-6-8(5-1)10-9-7/h7-9H,1-6H2. The van der Waals surface area contributed by atoms with E-state index in [4.69, 9.17) is 4.65 Å². The number of hydrogen-bond acceptors (Lipinski definition) is 1. The topological polar surface area (TPSA) is 9.23 Å². The summed E-state index contributed by atoms with van der Waals surface area (Å²) in [5, 5.41) is 0. The summed E-state index contributed by atoms with van der Waals surface area (Å²) in [7, 11) is 1.06. The Balaban J connectivity index is 2.01. The van der Waals surface area contributed by atoms with Gasteiger partial charge < -0.3 is 4.65 Å². The lowest BCUT2D eigenvalue weighted by Crippen LogP contribution is -2.10. The first kappa shape index (κ1) is 6.72. The highest BCUT2D eigenvalue weighted by molar-refractivity contribution is 6.29. The fourth-order valence-electron chi connectivity index (χ4n) is 2.16. The molecule has 0 spiro atoms. The van der Waals surface area contributed by atoms with E-state index >= 15 is 0 Å². The van der Waals surface area contributed by atoms with Crippen LogP contribution in [-0.2, 0) is 4.65 Å². The zero-order chi connectivity index (χ0) is 6.81. The number of fused-ring (bicyclic) bond motifs is 3. The van der Waals surface area contributed by atoms with Crippen LogP contribution in [0.1, 0.15) is 38.5 Å². The van der Waals surface area contributed by atoms with Crippen LogP contribution < -0.4 is 0 Å². The summed E-state index contributed by atoms with van der Waals surface area (Å²) in [4.78, 5) is 0. The molecule has 2 heteroatoms. The first-order valence-corrected chi connectivity index (χ1v) is 4.57. The minimum atomic E-state index is 0.632. The maximum absolute atomic E-state index is 5.73. The third-order valence-corrected chi connectivity index (χ3v) is 2.84. The molecular formula is C8H15BO. The molecule has 2 bridgehead atoms. The Morgan fingerprint density at radius 3 is 2.40 bits per heavy atom. The highest BCUT2D eigenvalue weighted by Crippen LogP contribution is 2.31. The fraction of sp³-hybridized carbons (Fsp3) is 1.00. The lowest BCUT2D eigenvalue weighted by molar-refractivity contribution is 0.196. The largest absolute Gasteiger partial charge is 0.437 e. The van der Waals surface area contributed by atoms with Gasteiger partial charge in [-0.25, -0.2) is 0 Å². The smallest absolute Gasteiger partial charge is 0.278 e. The zero-order valence-electron chi connectivity index (χ0n) is 6.51. The highest BCUT2D eigenvalue weighted by Gasteiger charge is 2.23. The molecule has 2 aliphatic heterocycles. The summed E-state index contributed by atoms with van der Waals surface area (Å²) < 4.78 is 5.73. The molecule has 0 aromatic heterocycles. The van der Waals surface area contributed by atoms with Crippen LogP contribution in [0.3, 0.4) is 0 Å². The summed E-state index contributed by atoms with van der Waals surface area (Å²) in [6.07, 6.45) is 8.97. The molecule has 2 rings (SSSR count). The Bertz CT molecular complexity index is 93.8. The Morgan fingerprint density at radius 1 is 1.00 bits per heavy atom. The van der Waals surface area contributed by atoms with E-state index in [1.54, 1.807) is 0 Å². The van der Waals surface area contributed by atoms with E-state index in [1.165, 1.54) is 38.5 Å². The molecule has 2 heterocycles. The predicted molar refractivity (Wildman–Crippen MR) is 43.5 cm³/mol. The van der Waals surface area contributed by atoms with Gasteiger partial charge >= 0.3 is 0 Å². The summed E-state index contributed by atoms with van der Waals surface area (Å²) in [5.74, 6) is 0.910. The van der Waals surface area contributed by atoms with Crippen LogP contribution in [0.4, 0.5) is 0 Å². The van der Waals surface area contributed by atoms with Gasteiger partial charge in [0.2, 0.25) is 0 Å². The lowest BCUT2D eigenvalue weighted by atomic mass is 9.74. The minimum absolute atomic E-state index is 0.632. The highest BCUT2D eigenvalue weighted by atomic mass is 16.4. The van der Waals surface area contributed by atoms with Crippen molar-refractivity contribution in [2.24, 2.45) is 0 Å². The molecule has 2 saturated heterocycles. The van der Waals surface area contributed by atoms with Gasteiger partial charge in [-0.2, -0.15) is 0 Å². The Kier molecular flexibility index (Phi) is 1.98. The lowest BCUT2D eigenvalue weighted by Gasteiger charge is -2.13. The molecule has 56 valence electrons. The summed E-state index contributed by atoms with van der Waals surface area (Å²) >= 11 is 0. The van der Waals surface area contributed by atoms with Crippen LogP contribution in [-0.4, -0.2) is 13.6 Å². The Morgan fingerprint density at radius 2 is 1.70 bits per heavy atom. The second-order valence-electron chi connectivity index (χ2n) is 3.68. The fourth-order valence-corrected chi connectivity index (χ4v) is 2.16. The maximum atomic E-state index is 5.73. The van der Waals surface area contributed by atoms with Gasteiger partial charge in [0.1, 0.15) is 0 Å². The average molecular weight is 138 g/mol. The van der Waals surface area contributed by atoms with E-state index in [0.717, 1.165) is 13.3 Å². The van der Waals surface area contributed by atoms with Crippen molar-refractivity contribution in [3.05, 3.63) is 0 Å². The molecule has 0 atom stereocenters. The summed E-state index contributed by atoms with van der Waals surface area (Å²) in [6, 6.07) is 0. The van der Waals surface area contributed by atoms with Crippen LogP contribution in [0, 0.1) is 0 Å². The van der Waals surface area contributed by atoms with Gasteiger partial charge in [-0.15, -0.1) is 0 Å². The van der Waals surface area contributed by atoms with Crippen molar-refractivity contribution in [2.75, 3.05) is 0 Å². The van der Waals surface area contributed by atoms with E-state index in [2.05, 4.69) is 0 Å². The van der Waals surface area contributed by atoms with E-state index in [9.17, 15) is 0 Å². The van der Waals surface area contributed by atoms with Crippen molar-refractivity contribution in [1.82, 2.24) is 0 Å². The number of hydrogen-bond donors (Lipinski definition) is 0. The van der Waals surface area contributed by atoms with E-state index in [-0.39, 0.29) is 0 Å². The van der Waals surface area contributed by atoms with Crippen LogP contribution in [0.25, 0.3) is 0 Å². The molecule has 0 aliphatic carbocycles. The molecular weight excluding hydrogens is 123 g/mol. The van der Waals surface area contributed by atoms with Crippen LogP contribution in [0.2, 0.25) is 5.82 Å². The quantitative estimate of drug-likeness (QED) is 0.464. The van der Waals surface area contributed by atoms with Crippen molar-refractivity contribution < 1.29 is 4.65 Å². The van der Waals surface area contributed by atoms with Crippen molar-refractivity contribution in [2.45, 2.75) is 50.4 Å². The second-order valence-corrected chi connectivity index (χ2v) is 3.68. The SMILES string of the molecule is B1OC2CCCC1CCC2. The molecule has 0 N–H and O–H groups in total. The number of rotatable bonds is 0. The van der Waals surface area contributed by atoms with Gasteiger partial charge in [0.15, 0.2) is 0 Å². The van der Waals surface area contributed by atoms with Gasteiger partial charge in [-0.05, 0) is 18.7 Å². The second kappa shape index (κ2) is 2.95. The van der Waals surface area contributed by atoms with Crippen LogP contribution >= 0.6 is 0 Å². The molecule has 0 saturated carbocycles. The maximum Gasteiger partial charge on any atom is 0.278 e. The molecule has 1 nitrogen and oxygen atoms in total. The van der Waals surface area contributed by atoms with E-state index in [0.29, 0.717) is 6.10 Å². The van der Waals surface area contributed by atoms with Crippen LogP contribution in [0.5, 0.6) is 0 Å². The van der Waals surface area contributed by atoms with E-state index in [1.807, 2.05) is 0 Å². The van der Waals surface area contributed by atoms with Crippen molar-refractivity contribution in [1.29, 1.82) is 0 Å². The van der Waals surface area contributed by atoms with Gasteiger partial charge in [0.25, 0.3) is 7.48 Å². The first-order valence-electron chi connectivity index (χ1n) is 4.57. The molecule has 0 aromatic carbocycles. The van der Waals surface area contributed by atoms with Gasteiger partial charge in [-0.1, -0.05) is 25.7 Å². The van der Waals surface area contributed by atoms with Gasteiger partial charge in [0.05, 0.1) is 0 Å². The molecule has 0 radical (unpaired) electrons. The molecule has 2 aliphatic rings. The minimum Gasteiger partial charge on any atom is -0.437 e. The van der Waals surface area contributed by atoms with Crippen molar-refractivity contribution >= 4 is 7.48 Å². The van der Waals surface area contributed by atoms with Crippen molar-refractivity contribution in [3.8, 4) is 0 Å². The normalized spacial score (nSPS) is 40.0. The Hall–Kier alpha value is 0.0249. The predicted octanol–water partition coefficient (Wildman–Crippen LogP) is 1.88. The zero-order valence-corrected chi connectivity index (χ0v) is 6.51. The molecule has 10 heavy (non-hydrogen) atoms. The van der Waals surface area contributed by atoms with E-state index < -0.39 is 0 Å². The monoisotopic (exact) mass is 138 g/mol. The van der Waals surface area contributed by atoms with Gasteiger partial charge in [0, 0.05) is 6.10 Å². The van der Waals surface area contributed by atoms with Crippen molar-refractivity contribution in [3.63, 3.8) is 0 Å². The average Bonchev–Trinajstić information content (AvgIpc) is 2.17. The summed E-state index contributed by atoms with van der Waals surface area (Å²) in [5.41, 5.74) is 0. The van der Waals surface area contributed by atoms with Crippen LogP contribution in [0.15, 0.2) is 0 Å². The Labute approximate surface area is 63.4 Å². The third-order valence-electron chi connectivity index (χ3n) is 2.84. The molecule has 2 fully saturated rings. The first-order chi connectivity index (χ1) is 4.95. The molecule has 0 amide bonds. The van der Waals surface area contributed by atoms with Gasteiger partial charge in [-0.3, -0.25) is 0 Å². The molecule has 0 unspecified atom stereocenters. The third kappa shape index (κ3) is 1.37. The molecule has 0 aromatic rings. The summed E-state index contributed by atoms with van der Waals surface area (Å²) in [6.45, 7) is 0.